The lowest BCUT2D eigenvalue weighted by Crippen LogP contribution is -2.25. The van der Waals surface area contributed by atoms with Gasteiger partial charge in [-0.1, -0.05) is 13.2 Å². The molecular formula is C16H22O7. The Bertz CT molecular complexity index is 517. The van der Waals surface area contributed by atoms with Crippen molar-refractivity contribution in [1.82, 2.24) is 0 Å². The molecule has 0 aliphatic carbocycles. The van der Waals surface area contributed by atoms with Crippen LogP contribution in [0.15, 0.2) is 36.0 Å². The van der Waals surface area contributed by atoms with Gasteiger partial charge in [-0.3, -0.25) is 0 Å². The zero-order valence-corrected chi connectivity index (χ0v) is 13.3. The van der Waals surface area contributed by atoms with Gasteiger partial charge in [0, 0.05) is 23.3 Å². The van der Waals surface area contributed by atoms with Crippen LogP contribution in [0.4, 0.5) is 0 Å². The van der Waals surface area contributed by atoms with Crippen LogP contribution in [0.5, 0.6) is 0 Å². The largest absolute Gasteiger partial charge is 0.478 e. The molecule has 0 aliphatic heterocycles. The Kier molecular flexibility index (Phi) is 9.26. The third-order valence-corrected chi connectivity index (χ3v) is 2.60. The second kappa shape index (κ2) is 10.3. The van der Waals surface area contributed by atoms with Gasteiger partial charge in [0.05, 0.1) is 0 Å². The lowest BCUT2D eigenvalue weighted by Gasteiger charge is -2.16. The number of carbonyl (C=O) groups is 3. The number of carbonyl (C=O) groups excluding carboxylic acids is 2. The highest BCUT2D eigenvalue weighted by atomic mass is 16.6. The highest BCUT2D eigenvalue weighted by Crippen LogP contribution is 2.11. The first kappa shape index (κ1) is 20.6. The minimum Gasteiger partial charge on any atom is -0.478 e. The first-order valence-electron chi connectivity index (χ1n) is 6.93. The van der Waals surface area contributed by atoms with E-state index in [1.165, 1.54) is 19.9 Å². The molecule has 0 amide bonds. The SMILES string of the molecule is C=C(C)C(=O)OCC(C=C(CCCO)C(=O)O)OC(=O)C(=C)C. The monoisotopic (exact) mass is 326 g/mol. The predicted octanol–water partition coefficient (Wildman–Crippen LogP) is 1.38. The highest BCUT2D eigenvalue weighted by molar-refractivity contribution is 5.89. The molecule has 0 spiro atoms. The number of ether oxygens (including phenoxy) is 2. The Labute approximate surface area is 134 Å². The van der Waals surface area contributed by atoms with Crippen molar-refractivity contribution in [1.29, 1.82) is 0 Å². The molecule has 0 bridgehead atoms. The second-order valence-electron chi connectivity index (χ2n) is 4.93. The van der Waals surface area contributed by atoms with Crippen molar-refractivity contribution in [3.05, 3.63) is 36.0 Å². The van der Waals surface area contributed by atoms with Crippen LogP contribution in [0.3, 0.4) is 0 Å². The molecule has 23 heavy (non-hydrogen) atoms. The molecule has 0 aromatic heterocycles. The molecule has 128 valence electrons. The summed E-state index contributed by atoms with van der Waals surface area (Å²) in [7, 11) is 0. The number of hydrogen-bond acceptors (Lipinski definition) is 6. The van der Waals surface area contributed by atoms with Crippen LogP contribution in [-0.4, -0.2) is 47.4 Å². The van der Waals surface area contributed by atoms with Crippen molar-refractivity contribution in [2.45, 2.75) is 32.8 Å². The molecule has 0 heterocycles. The van der Waals surface area contributed by atoms with E-state index < -0.39 is 24.0 Å². The molecule has 7 heteroatoms. The van der Waals surface area contributed by atoms with Gasteiger partial charge in [-0.2, -0.15) is 0 Å². The number of carboxylic acid groups (broad SMARTS) is 1. The van der Waals surface area contributed by atoms with Gasteiger partial charge in [-0.15, -0.1) is 0 Å². The van der Waals surface area contributed by atoms with Crippen LogP contribution in [0, 0.1) is 0 Å². The summed E-state index contributed by atoms with van der Waals surface area (Å²) >= 11 is 0. The maximum Gasteiger partial charge on any atom is 0.333 e. The number of hydrogen-bond donors (Lipinski definition) is 2. The molecule has 0 aliphatic rings. The standard InChI is InChI=1S/C16H22O7/c1-10(2)15(20)22-9-13(23-16(21)11(3)4)8-12(14(18)19)6-5-7-17/h8,13,17H,1,3,5-7,9H2,2,4H3,(H,18,19). The van der Waals surface area contributed by atoms with Gasteiger partial charge in [-0.05, 0) is 32.8 Å². The van der Waals surface area contributed by atoms with Crippen molar-refractivity contribution in [3.63, 3.8) is 0 Å². The molecule has 0 aromatic rings. The fourth-order valence-corrected chi connectivity index (χ4v) is 1.39. The summed E-state index contributed by atoms with van der Waals surface area (Å²) in [4.78, 5) is 34.2. The van der Waals surface area contributed by atoms with Crippen LogP contribution in [0.25, 0.3) is 0 Å². The Hall–Kier alpha value is -2.41. The zero-order chi connectivity index (χ0) is 18.0. The minimum absolute atomic E-state index is 0.0510. The molecule has 0 rings (SSSR count). The quantitative estimate of drug-likeness (QED) is 0.461. The Morgan fingerprint density at radius 1 is 1.13 bits per heavy atom. The maximum absolute atomic E-state index is 11.6. The van der Waals surface area contributed by atoms with Crippen LogP contribution >= 0.6 is 0 Å². The summed E-state index contributed by atoms with van der Waals surface area (Å²) in [6.07, 6.45) is 0.434. The molecule has 0 fully saturated rings. The summed E-state index contributed by atoms with van der Waals surface area (Å²) in [5, 5.41) is 17.9. The lowest BCUT2D eigenvalue weighted by atomic mass is 10.1. The molecule has 7 nitrogen and oxygen atoms in total. The normalized spacial score (nSPS) is 12.2. The number of aliphatic hydroxyl groups excluding tert-OH is 1. The van der Waals surface area contributed by atoms with Crippen LogP contribution in [0.1, 0.15) is 26.7 Å². The van der Waals surface area contributed by atoms with Gasteiger partial charge in [0.2, 0.25) is 0 Å². The number of esters is 2. The Morgan fingerprint density at radius 3 is 2.13 bits per heavy atom. The summed E-state index contributed by atoms with van der Waals surface area (Å²) in [5.74, 6) is -2.62. The fraction of sp³-hybridized carbons (Fsp3) is 0.438. The van der Waals surface area contributed by atoms with Crippen molar-refractivity contribution >= 4 is 17.9 Å². The van der Waals surface area contributed by atoms with E-state index in [4.69, 9.17) is 19.7 Å². The minimum atomic E-state index is -1.21. The molecule has 0 radical (unpaired) electrons. The van der Waals surface area contributed by atoms with Gasteiger partial charge < -0.3 is 19.7 Å². The van der Waals surface area contributed by atoms with Crippen molar-refractivity contribution in [3.8, 4) is 0 Å². The van der Waals surface area contributed by atoms with Crippen LogP contribution < -0.4 is 0 Å². The summed E-state index contributed by atoms with van der Waals surface area (Å²) < 4.78 is 9.95. The molecule has 0 saturated carbocycles. The second-order valence-corrected chi connectivity index (χ2v) is 4.93. The lowest BCUT2D eigenvalue weighted by molar-refractivity contribution is -0.151. The van der Waals surface area contributed by atoms with Crippen molar-refractivity contribution < 1.29 is 34.1 Å². The first-order valence-corrected chi connectivity index (χ1v) is 6.93. The highest BCUT2D eigenvalue weighted by Gasteiger charge is 2.19. The van der Waals surface area contributed by atoms with E-state index >= 15 is 0 Å². The molecule has 1 atom stereocenters. The van der Waals surface area contributed by atoms with E-state index in [1.54, 1.807) is 0 Å². The third-order valence-electron chi connectivity index (χ3n) is 2.60. The average molecular weight is 326 g/mol. The number of aliphatic hydroxyl groups is 1. The molecule has 1 unspecified atom stereocenters. The van der Waals surface area contributed by atoms with Crippen LogP contribution in [0.2, 0.25) is 0 Å². The number of rotatable bonds is 10. The topological polar surface area (TPSA) is 110 Å². The fourth-order valence-electron chi connectivity index (χ4n) is 1.39. The van der Waals surface area contributed by atoms with Crippen LogP contribution in [-0.2, 0) is 23.9 Å². The molecular weight excluding hydrogens is 304 g/mol. The van der Waals surface area contributed by atoms with E-state index in [2.05, 4.69) is 13.2 Å². The van der Waals surface area contributed by atoms with E-state index in [0.717, 1.165) is 0 Å². The van der Waals surface area contributed by atoms with Gasteiger partial charge in [0.15, 0.2) is 6.10 Å². The van der Waals surface area contributed by atoms with E-state index in [-0.39, 0.29) is 42.8 Å². The molecule has 0 aromatic carbocycles. The molecule has 2 N–H and O–H groups in total. The van der Waals surface area contributed by atoms with E-state index in [0.29, 0.717) is 0 Å². The summed E-state index contributed by atoms with van der Waals surface area (Å²) in [6, 6.07) is 0. The van der Waals surface area contributed by atoms with Gasteiger partial charge in [-0.25, -0.2) is 14.4 Å². The number of aliphatic carboxylic acids is 1. The van der Waals surface area contributed by atoms with Gasteiger partial charge in [0.25, 0.3) is 0 Å². The first-order chi connectivity index (χ1) is 10.7. The van der Waals surface area contributed by atoms with Gasteiger partial charge in [0.1, 0.15) is 6.61 Å². The van der Waals surface area contributed by atoms with Gasteiger partial charge >= 0.3 is 17.9 Å². The Balaban J connectivity index is 5.16. The van der Waals surface area contributed by atoms with E-state index in [1.807, 2.05) is 0 Å². The summed E-state index contributed by atoms with van der Waals surface area (Å²) in [6.45, 7) is 9.22. The third kappa shape index (κ3) is 8.57. The smallest absolute Gasteiger partial charge is 0.333 e. The van der Waals surface area contributed by atoms with Crippen molar-refractivity contribution in [2.24, 2.45) is 0 Å². The zero-order valence-electron chi connectivity index (χ0n) is 13.3. The maximum atomic E-state index is 11.6. The average Bonchev–Trinajstić information content (AvgIpc) is 2.47. The Morgan fingerprint density at radius 2 is 1.70 bits per heavy atom. The van der Waals surface area contributed by atoms with Crippen molar-refractivity contribution in [2.75, 3.05) is 13.2 Å². The van der Waals surface area contributed by atoms with E-state index in [9.17, 15) is 14.4 Å². The summed E-state index contributed by atoms with van der Waals surface area (Å²) in [5.41, 5.74) is 0.240. The predicted molar refractivity (Wildman–Crippen MR) is 82.5 cm³/mol. The number of carboxylic acids is 1. The molecule has 0 saturated heterocycles.